The number of fused-ring (bicyclic) bond motifs is 1. The van der Waals surface area contributed by atoms with Gasteiger partial charge in [0.15, 0.2) is 0 Å². The van der Waals surface area contributed by atoms with Crippen molar-refractivity contribution in [2.45, 2.75) is 19.0 Å². The van der Waals surface area contributed by atoms with E-state index in [0.717, 1.165) is 29.9 Å². The highest BCUT2D eigenvalue weighted by Gasteiger charge is 2.20. The van der Waals surface area contributed by atoms with Gasteiger partial charge in [0, 0.05) is 30.1 Å². The second-order valence-electron chi connectivity index (χ2n) is 4.84. The Morgan fingerprint density at radius 3 is 2.90 bits per heavy atom. The highest BCUT2D eigenvalue weighted by Crippen LogP contribution is 2.31. The summed E-state index contributed by atoms with van der Waals surface area (Å²) in [5, 5.41) is 3.28. The monoisotopic (exact) mass is 275 g/mol. The molecule has 0 saturated carbocycles. The van der Waals surface area contributed by atoms with Crippen molar-refractivity contribution < 1.29 is 13.5 Å². The molecule has 0 radical (unpaired) electrons. The fraction of sp³-hybridized carbons (Fsp3) is 0.250. The number of hydrogen-bond acceptors (Lipinski definition) is 2. The zero-order chi connectivity index (χ0) is 13.9. The maximum Gasteiger partial charge on any atom is 0.127 e. The average molecular weight is 275 g/mol. The largest absolute Gasteiger partial charge is 0.493 e. The second kappa shape index (κ2) is 5.59. The number of halogens is 2. The number of para-hydroxylation sites is 1. The maximum absolute atomic E-state index is 13.6. The number of nitrogens with one attached hydrogen (secondary N) is 1. The van der Waals surface area contributed by atoms with Gasteiger partial charge in [0.1, 0.15) is 17.4 Å². The van der Waals surface area contributed by atoms with Gasteiger partial charge in [0.05, 0.1) is 6.61 Å². The first-order chi connectivity index (χ1) is 9.74. The molecule has 0 aliphatic carbocycles. The van der Waals surface area contributed by atoms with E-state index in [-0.39, 0.29) is 11.9 Å². The number of rotatable bonds is 3. The molecule has 0 amide bonds. The predicted octanol–water partition coefficient (Wildman–Crippen LogP) is 3.58. The first-order valence-corrected chi connectivity index (χ1v) is 6.63. The minimum Gasteiger partial charge on any atom is -0.493 e. The van der Waals surface area contributed by atoms with Gasteiger partial charge >= 0.3 is 0 Å². The Balaban J connectivity index is 1.75. The minimum absolute atomic E-state index is 0.0996. The van der Waals surface area contributed by atoms with Crippen molar-refractivity contribution in [3.8, 4) is 5.75 Å². The number of benzene rings is 2. The zero-order valence-corrected chi connectivity index (χ0v) is 10.9. The van der Waals surface area contributed by atoms with Gasteiger partial charge in [-0.2, -0.15) is 0 Å². The minimum atomic E-state index is -0.421. The Kier molecular flexibility index (Phi) is 3.65. The maximum atomic E-state index is 13.6. The predicted molar refractivity (Wildman–Crippen MR) is 72.5 cm³/mol. The summed E-state index contributed by atoms with van der Waals surface area (Å²) < 4.78 is 32.3. The van der Waals surface area contributed by atoms with E-state index in [0.29, 0.717) is 18.7 Å². The SMILES string of the molecule is Fc1ccc(F)c(CNC2CCOc3ccccc32)c1. The molecule has 0 bridgehead atoms. The third-order valence-electron chi connectivity index (χ3n) is 3.51. The molecule has 1 heterocycles. The van der Waals surface area contributed by atoms with Crippen molar-refractivity contribution >= 4 is 0 Å². The van der Waals surface area contributed by atoms with Gasteiger partial charge in [0.2, 0.25) is 0 Å². The van der Waals surface area contributed by atoms with Crippen LogP contribution in [0.2, 0.25) is 0 Å². The molecule has 0 spiro atoms. The van der Waals surface area contributed by atoms with Gasteiger partial charge in [-0.3, -0.25) is 0 Å². The van der Waals surface area contributed by atoms with Gasteiger partial charge in [0.25, 0.3) is 0 Å². The van der Waals surface area contributed by atoms with Crippen molar-refractivity contribution in [2.75, 3.05) is 6.61 Å². The van der Waals surface area contributed by atoms with E-state index >= 15 is 0 Å². The third-order valence-corrected chi connectivity index (χ3v) is 3.51. The Bertz CT molecular complexity index is 615. The molecule has 2 nitrogen and oxygen atoms in total. The van der Waals surface area contributed by atoms with Gasteiger partial charge in [-0.15, -0.1) is 0 Å². The Labute approximate surface area is 116 Å². The molecule has 1 atom stereocenters. The molecule has 0 saturated heterocycles. The summed E-state index contributed by atoms with van der Waals surface area (Å²) in [5.74, 6) is 0.0470. The van der Waals surface area contributed by atoms with Gasteiger partial charge in [-0.25, -0.2) is 8.78 Å². The van der Waals surface area contributed by atoms with Crippen LogP contribution in [-0.4, -0.2) is 6.61 Å². The summed E-state index contributed by atoms with van der Waals surface area (Å²) in [7, 11) is 0. The van der Waals surface area contributed by atoms with E-state index < -0.39 is 5.82 Å². The summed E-state index contributed by atoms with van der Waals surface area (Å²) in [6.07, 6.45) is 0.813. The van der Waals surface area contributed by atoms with E-state index in [1.54, 1.807) is 0 Å². The summed E-state index contributed by atoms with van der Waals surface area (Å²) in [5.41, 5.74) is 1.41. The van der Waals surface area contributed by atoms with Crippen molar-refractivity contribution in [3.63, 3.8) is 0 Å². The molecule has 3 rings (SSSR count). The van der Waals surface area contributed by atoms with Crippen LogP contribution in [0, 0.1) is 11.6 Å². The lowest BCUT2D eigenvalue weighted by atomic mass is 10.0. The van der Waals surface area contributed by atoms with Crippen LogP contribution < -0.4 is 10.1 Å². The summed E-state index contributed by atoms with van der Waals surface area (Å²) in [4.78, 5) is 0. The van der Waals surface area contributed by atoms with Crippen molar-refractivity contribution in [3.05, 3.63) is 65.2 Å². The topological polar surface area (TPSA) is 21.3 Å². The molecule has 0 fully saturated rings. The lowest BCUT2D eigenvalue weighted by molar-refractivity contribution is 0.252. The van der Waals surface area contributed by atoms with Gasteiger partial charge in [-0.05, 0) is 24.3 Å². The summed E-state index contributed by atoms with van der Waals surface area (Å²) in [6.45, 7) is 0.920. The summed E-state index contributed by atoms with van der Waals surface area (Å²) in [6, 6.07) is 11.4. The lowest BCUT2D eigenvalue weighted by Crippen LogP contribution is -2.27. The quantitative estimate of drug-likeness (QED) is 0.924. The Morgan fingerprint density at radius 1 is 1.15 bits per heavy atom. The van der Waals surface area contributed by atoms with Crippen LogP contribution in [0.25, 0.3) is 0 Å². The Hall–Kier alpha value is -1.94. The third kappa shape index (κ3) is 2.65. The molecule has 1 N–H and O–H groups in total. The molecule has 20 heavy (non-hydrogen) atoms. The van der Waals surface area contributed by atoms with Crippen molar-refractivity contribution in [2.24, 2.45) is 0 Å². The molecule has 1 aliphatic heterocycles. The first-order valence-electron chi connectivity index (χ1n) is 6.63. The molecule has 104 valence electrons. The van der Waals surface area contributed by atoms with Gasteiger partial charge in [-0.1, -0.05) is 18.2 Å². The van der Waals surface area contributed by atoms with E-state index in [1.807, 2.05) is 24.3 Å². The fourth-order valence-corrected chi connectivity index (χ4v) is 2.47. The molecular formula is C16H15F2NO. The highest BCUT2D eigenvalue weighted by atomic mass is 19.1. The second-order valence-corrected chi connectivity index (χ2v) is 4.84. The molecule has 0 aromatic heterocycles. The normalized spacial score (nSPS) is 17.4. The molecule has 2 aromatic rings. The highest BCUT2D eigenvalue weighted by molar-refractivity contribution is 5.37. The van der Waals surface area contributed by atoms with Crippen LogP contribution in [-0.2, 0) is 6.54 Å². The molecule has 1 aliphatic rings. The fourth-order valence-electron chi connectivity index (χ4n) is 2.47. The van der Waals surface area contributed by atoms with E-state index in [9.17, 15) is 8.78 Å². The number of ether oxygens (including phenoxy) is 1. The zero-order valence-electron chi connectivity index (χ0n) is 10.9. The number of hydrogen-bond donors (Lipinski definition) is 1. The van der Waals surface area contributed by atoms with Gasteiger partial charge < -0.3 is 10.1 Å². The van der Waals surface area contributed by atoms with Crippen LogP contribution in [0.3, 0.4) is 0 Å². The van der Waals surface area contributed by atoms with E-state index in [1.165, 1.54) is 6.07 Å². The molecule has 4 heteroatoms. The van der Waals surface area contributed by atoms with Crippen LogP contribution in [0.4, 0.5) is 8.78 Å². The van der Waals surface area contributed by atoms with Crippen molar-refractivity contribution in [1.29, 1.82) is 0 Å². The summed E-state index contributed by atoms with van der Waals surface area (Å²) >= 11 is 0. The average Bonchev–Trinajstić information content (AvgIpc) is 2.48. The van der Waals surface area contributed by atoms with Crippen LogP contribution >= 0.6 is 0 Å². The molecular weight excluding hydrogens is 260 g/mol. The van der Waals surface area contributed by atoms with E-state index in [2.05, 4.69) is 5.32 Å². The molecule has 1 unspecified atom stereocenters. The standard InChI is InChI=1S/C16H15F2NO/c17-12-5-6-14(18)11(9-12)10-19-15-7-8-20-16-4-2-1-3-13(15)16/h1-6,9,15,19H,7-8,10H2. The smallest absolute Gasteiger partial charge is 0.127 e. The van der Waals surface area contributed by atoms with Crippen LogP contribution in [0.5, 0.6) is 5.75 Å². The van der Waals surface area contributed by atoms with Crippen LogP contribution in [0.15, 0.2) is 42.5 Å². The molecule has 2 aromatic carbocycles. The van der Waals surface area contributed by atoms with Crippen molar-refractivity contribution in [1.82, 2.24) is 5.32 Å². The lowest BCUT2D eigenvalue weighted by Gasteiger charge is -2.26. The Morgan fingerprint density at radius 2 is 2.00 bits per heavy atom. The van der Waals surface area contributed by atoms with E-state index in [4.69, 9.17) is 4.74 Å². The first kappa shape index (κ1) is 13.1. The van der Waals surface area contributed by atoms with Crippen LogP contribution in [0.1, 0.15) is 23.6 Å².